The van der Waals surface area contributed by atoms with Crippen LogP contribution >= 0.6 is 0 Å². The van der Waals surface area contributed by atoms with E-state index in [0.717, 1.165) is 12.8 Å². The summed E-state index contributed by atoms with van der Waals surface area (Å²) >= 11 is 0. The molecule has 0 fully saturated rings. The fraction of sp³-hybridized carbons (Fsp3) is 0.231. The van der Waals surface area contributed by atoms with Gasteiger partial charge in [0.25, 0.3) is 0 Å². The van der Waals surface area contributed by atoms with Crippen LogP contribution in [0.3, 0.4) is 0 Å². The topological polar surface area (TPSA) is 0 Å². The lowest BCUT2D eigenvalue weighted by molar-refractivity contribution is 0.718. The summed E-state index contributed by atoms with van der Waals surface area (Å²) in [5.74, 6) is 0.499. The highest BCUT2D eigenvalue weighted by Crippen LogP contribution is 2.22. The van der Waals surface area contributed by atoms with Crippen molar-refractivity contribution in [1.29, 1.82) is 0 Å². The molecule has 1 heteroatoms. The van der Waals surface area contributed by atoms with Crippen molar-refractivity contribution in [2.45, 2.75) is 18.8 Å². The second-order valence-electron chi connectivity index (χ2n) is 3.33. The van der Waals surface area contributed by atoms with Gasteiger partial charge in [0.1, 0.15) is 0 Å². The molecular weight excluding hydrogens is 184 g/mol. The average Bonchev–Trinajstić information content (AvgIpc) is 2.18. The van der Waals surface area contributed by atoms with Crippen LogP contribution in [-0.4, -0.2) is 10.2 Å². The minimum absolute atomic E-state index is 0.499. The molecule has 0 aromatic heterocycles. The molecule has 0 aliphatic carbocycles. The van der Waals surface area contributed by atoms with Crippen LogP contribution in [0.2, 0.25) is 0 Å². The fourth-order valence-corrected chi connectivity index (χ4v) is 1.99. The molecule has 0 nitrogen and oxygen atoms in total. The van der Waals surface area contributed by atoms with Gasteiger partial charge in [0, 0.05) is 0 Å². The maximum Gasteiger partial charge on any atom is 0.0715 e. The smallest absolute Gasteiger partial charge is 0.0715 e. The molecule has 0 amide bonds. The third-order valence-electron chi connectivity index (χ3n) is 2.30. The highest BCUT2D eigenvalue weighted by atomic mass is 28.1. The molecule has 0 saturated heterocycles. The Hall–Kier alpha value is -1.08. The van der Waals surface area contributed by atoms with Crippen LogP contribution in [-0.2, 0) is 0 Å². The van der Waals surface area contributed by atoms with Crippen molar-refractivity contribution < 1.29 is 0 Å². The first kappa shape index (κ1) is 11.0. The summed E-state index contributed by atoms with van der Waals surface area (Å²) < 4.78 is 0. The maximum absolute atomic E-state index is 3.79. The molecule has 71 valence electrons. The summed E-state index contributed by atoms with van der Waals surface area (Å²) in [5, 5.41) is 1.17. The minimum Gasteiger partial charge on any atom is -0.103 e. The van der Waals surface area contributed by atoms with Crippen LogP contribution in [0.1, 0.15) is 24.3 Å². The van der Waals surface area contributed by atoms with Crippen LogP contribution in [0.15, 0.2) is 49.6 Å². The van der Waals surface area contributed by atoms with Gasteiger partial charge >= 0.3 is 0 Å². The van der Waals surface area contributed by atoms with Crippen LogP contribution in [0.5, 0.6) is 0 Å². The Kier molecular flexibility index (Phi) is 4.40. The van der Waals surface area contributed by atoms with Gasteiger partial charge in [0.2, 0.25) is 0 Å². The van der Waals surface area contributed by atoms with Crippen LogP contribution < -0.4 is 5.19 Å². The van der Waals surface area contributed by atoms with Gasteiger partial charge < -0.3 is 0 Å². The van der Waals surface area contributed by atoms with Crippen molar-refractivity contribution in [3.8, 4) is 0 Å². The lowest BCUT2D eigenvalue weighted by Crippen LogP contribution is -2.13. The molecule has 1 rings (SSSR count). The highest BCUT2D eigenvalue weighted by Gasteiger charge is 2.09. The van der Waals surface area contributed by atoms with Crippen molar-refractivity contribution in [2.75, 3.05) is 0 Å². The largest absolute Gasteiger partial charge is 0.103 e. The summed E-state index contributed by atoms with van der Waals surface area (Å²) in [7, 11) is 3.62. The Morgan fingerprint density at radius 3 is 2.21 bits per heavy atom. The summed E-state index contributed by atoms with van der Waals surface area (Å²) in [5.41, 5.74) is 1.34. The van der Waals surface area contributed by atoms with Gasteiger partial charge in [-0.2, -0.15) is 0 Å². The summed E-state index contributed by atoms with van der Waals surface area (Å²) in [4.78, 5) is 0. The standard InChI is InChI=1S/C13H15Si/c1-3-7-11(8-4-2)12-9-5-6-10-13(12)14/h3-6,9-11H,1-2,7-8H2. The molecule has 0 aliphatic heterocycles. The molecule has 1 aromatic rings. The lowest BCUT2D eigenvalue weighted by atomic mass is 9.92. The number of benzene rings is 1. The van der Waals surface area contributed by atoms with Crippen LogP contribution in [0, 0.1) is 0 Å². The van der Waals surface area contributed by atoms with Crippen molar-refractivity contribution in [3.63, 3.8) is 0 Å². The first-order valence-corrected chi connectivity index (χ1v) is 5.32. The lowest BCUT2D eigenvalue weighted by Gasteiger charge is -2.15. The van der Waals surface area contributed by atoms with E-state index in [4.69, 9.17) is 0 Å². The maximum atomic E-state index is 3.79. The van der Waals surface area contributed by atoms with Gasteiger partial charge in [-0.3, -0.25) is 0 Å². The van der Waals surface area contributed by atoms with E-state index < -0.39 is 0 Å². The Bertz CT molecular complexity index is 305. The third-order valence-corrected chi connectivity index (χ3v) is 2.76. The van der Waals surface area contributed by atoms with E-state index in [0.29, 0.717) is 5.92 Å². The van der Waals surface area contributed by atoms with E-state index in [2.05, 4.69) is 41.6 Å². The highest BCUT2D eigenvalue weighted by molar-refractivity contribution is 6.33. The molecule has 0 unspecified atom stereocenters. The van der Waals surface area contributed by atoms with Crippen LogP contribution in [0.25, 0.3) is 0 Å². The monoisotopic (exact) mass is 199 g/mol. The van der Waals surface area contributed by atoms with Gasteiger partial charge in [-0.15, -0.1) is 13.2 Å². The second kappa shape index (κ2) is 5.61. The quantitative estimate of drug-likeness (QED) is 0.505. The van der Waals surface area contributed by atoms with Crippen LogP contribution in [0.4, 0.5) is 0 Å². The predicted molar refractivity (Wildman–Crippen MR) is 64.2 cm³/mol. The van der Waals surface area contributed by atoms with Gasteiger partial charge in [-0.25, -0.2) is 0 Å². The molecule has 14 heavy (non-hydrogen) atoms. The summed E-state index contributed by atoms with van der Waals surface area (Å²) in [6.45, 7) is 7.58. The average molecular weight is 199 g/mol. The fourth-order valence-electron chi connectivity index (χ4n) is 1.61. The third kappa shape index (κ3) is 2.71. The molecule has 3 radical (unpaired) electrons. The SMILES string of the molecule is C=CCC(CC=C)c1ccccc1[Si]. The van der Waals surface area contributed by atoms with E-state index in [1.165, 1.54) is 10.8 Å². The zero-order chi connectivity index (χ0) is 10.4. The molecule has 0 atom stereocenters. The zero-order valence-corrected chi connectivity index (χ0v) is 9.37. The van der Waals surface area contributed by atoms with Crippen molar-refractivity contribution in [1.82, 2.24) is 0 Å². The Morgan fingerprint density at radius 2 is 1.71 bits per heavy atom. The van der Waals surface area contributed by atoms with Gasteiger partial charge in [0.05, 0.1) is 10.2 Å². The van der Waals surface area contributed by atoms with Gasteiger partial charge in [-0.1, -0.05) is 41.6 Å². The second-order valence-corrected chi connectivity index (χ2v) is 3.87. The Labute approximate surface area is 89.8 Å². The molecular formula is C13H15Si. The molecule has 0 spiro atoms. The Balaban J connectivity index is 2.91. The molecule has 0 saturated carbocycles. The molecule has 0 N–H and O–H groups in total. The number of hydrogen-bond acceptors (Lipinski definition) is 0. The number of allylic oxidation sites excluding steroid dienone is 2. The Morgan fingerprint density at radius 1 is 1.14 bits per heavy atom. The number of rotatable bonds is 5. The van der Waals surface area contributed by atoms with Gasteiger partial charge in [-0.05, 0) is 24.3 Å². The molecule has 1 aromatic carbocycles. The van der Waals surface area contributed by atoms with E-state index in [9.17, 15) is 0 Å². The normalized spacial score (nSPS) is 10.1. The minimum atomic E-state index is 0.499. The first-order valence-electron chi connectivity index (χ1n) is 4.82. The first-order chi connectivity index (χ1) is 6.79. The predicted octanol–water partition coefficient (Wildman–Crippen LogP) is 2.72. The molecule has 0 aliphatic rings. The van der Waals surface area contributed by atoms with E-state index in [1.54, 1.807) is 0 Å². The molecule has 0 bridgehead atoms. The molecule has 0 heterocycles. The van der Waals surface area contributed by atoms with E-state index in [-0.39, 0.29) is 0 Å². The summed E-state index contributed by atoms with van der Waals surface area (Å²) in [6.07, 6.45) is 5.92. The van der Waals surface area contributed by atoms with Crippen molar-refractivity contribution in [3.05, 3.63) is 55.1 Å². The summed E-state index contributed by atoms with van der Waals surface area (Å²) in [6, 6.07) is 8.33. The van der Waals surface area contributed by atoms with E-state index >= 15 is 0 Å². The van der Waals surface area contributed by atoms with E-state index in [1.807, 2.05) is 18.2 Å². The van der Waals surface area contributed by atoms with Gasteiger partial charge in [0.15, 0.2) is 0 Å². The van der Waals surface area contributed by atoms with Crippen molar-refractivity contribution in [2.24, 2.45) is 0 Å². The van der Waals surface area contributed by atoms with Crippen molar-refractivity contribution >= 4 is 15.4 Å². The zero-order valence-electron chi connectivity index (χ0n) is 8.37. The number of hydrogen-bond donors (Lipinski definition) is 0.